The molecule has 8 nitrogen and oxygen atoms in total. The largest absolute Gasteiger partial charge is 0.456 e. The lowest BCUT2D eigenvalue weighted by Crippen LogP contribution is -2.32. The van der Waals surface area contributed by atoms with Crippen molar-refractivity contribution in [3.8, 4) is 6.07 Å². The van der Waals surface area contributed by atoms with Gasteiger partial charge in [-0.2, -0.15) is 5.26 Å². The summed E-state index contributed by atoms with van der Waals surface area (Å²) in [5.74, 6) is -2.14. The number of imide groups is 1. The first-order chi connectivity index (χ1) is 14.5. The normalized spacial score (nSPS) is 14.3. The van der Waals surface area contributed by atoms with Crippen molar-refractivity contribution in [1.29, 1.82) is 5.26 Å². The third kappa shape index (κ3) is 3.57. The van der Waals surface area contributed by atoms with Gasteiger partial charge in [-0.3, -0.25) is 24.1 Å². The molecule has 1 aromatic heterocycles. The van der Waals surface area contributed by atoms with Crippen molar-refractivity contribution in [2.45, 2.75) is 25.7 Å². The lowest BCUT2D eigenvalue weighted by atomic mass is 10.1. The summed E-state index contributed by atoms with van der Waals surface area (Å²) < 4.78 is 4.96. The number of carbonyl (C=O) groups is 4. The molecule has 0 saturated carbocycles. The summed E-state index contributed by atoms with van der Waals surface area (Å²) >= 11 is 1.38. The Balaban J connectivity index is 1.27. The highest BCUT2D eigenvalue weighted by molar-refractivity contribution is 7.16. The maximum atomic E-state index is 12.3. The van der Waals surface area contributed by atoms with Crippen LogP contribution in [0.25, 0.3) is 0 Å². The van der Waals surface area contributed by atoms with Crippen LogP contribution in [0, 0.1) is 11.3 Å². The molecule has 152 valence electrons. The lowest BCUT2D eigenvalue weighted by molar-refractivity contribution is -0.147. The van der Waals surface area contributed by atoms with Crippen LogP contribution in [0.2, 0.25) is 0 Å². The van der Waals surface area contributed by atoms with Gasteiger partial charge in [0.05, 0.1) is 23.1 Å². The second-order valence-electron chi connectivity index (χ2n) is 6.94. The van der Waals surface area contributed by atoms with Crippen LogP contribution >= 0.6 is 11.3 Å². The van der Waals surface area contributed by atoms with E-state index in [0.29, 0.717) is 21.7 Å². The summed E-state index contributed by atoms with van der Waals surface area (Å²) in [7, 11) is 0. The van der Waals surface area contributed by atoms with Gasteiger partial charge < -0.3 is 10.1 Å². The molecular weight excluding hydrogens is 406 g/mol. The van der Waals surface area contributed by atoms with E-state index in [1.165, 1.54) is 11.3 Å². The van der Waals surface area contributed by atoms with Crippen LogP contribution in [0.15, 0.2) is 24.3 Å². The Morgan fingerprint density at radius 1 is 1.17 bits per heavy atom. The molecule has 1 aliphatic heterocycles. The number of esters is 1. The van der Waals surface area contributed by atoms with Crippen LogP contribution in [-0.2, 0) is 27.2 Å². The van der Waals surface area contributed by atoms with Crippen molar-refractivity contribution in [3.63, 3.8) is 0 Å². The van der Waals surface area contributed by atoms with Crippen LogP contribution in [0.5, 0.6) is 0 Å². The number of fused-ring (bicyclic) bond motifs is 2. The van der Waals surface area contributed by atoms with Crippen molar-refractivity contribution >= 4 is 40.0 Å². The van der Waals surface area contributed by atoms with E-state index >= 15 is 0 Å². The zero-order valence-corrected chi connectivity index (χ0v) is 16.7. The number of nitrogens with zero attached hydrogens (tertiary/aromatic N) is 2. The number of amides is 3. The van der Waals surface area contributed by atoms with Crippen LogP contribution in [0.3, 0.4) is 0 Å². The highest BCUT2D eigenvalue weighted by Gasteiger charge is 2.35. The van der Waals surface area contributed by atoms with Crippen LogP contribution in [0.1, 0.15) is 49.6 Å². The standard InChI is InChI=1S/C21H17N3O5S/c22-10-15-12-6-3-7-16(12)30-19(15)23-17(25)11-29-18(26)8-9-24-20(27)13-4-1-2-5-14(13)21(24)28/h1-2,4-5H,3,6-9,11H2,(H,23,25). The van der Waals surface area contributed by atoms with Gasteiger partial charge in [-0.25, -0.2) is 0 Å². The number of carbonyl (C=O) groups excluding carboxylic acids is 4. The Kier molecular flexibility index (Phi) is 5.33. The van der Waals surface area contributed by atoms with Gasteiger partial charge in [0, 0.05) is 11.4 Å². The molecule has 1 N–H and O–H groups in total. The van der Waals surface area contributed by atoms with E-state index < -0.39 is 30.3 Å². The van der Waals surface area contributed by atoms with E-state index in [1.807, 2.05) is 0 Å². The average molecular weight is 423 g/mol. The maximum absolute atomic E-state index is 12.3. The molecule has 0 saturated heterocycles. The van der Waals surface area contributed by atoms with Gasteiger partial charge in [-0.1, -0.05) is 12.1 Å². The van der Waals surface area contributed by atoms with Gasteiger partial charge in [0.2, 0.25) is 0 Å². The Morgan fingerprint density at radius 2 is 1.87 bits per heavy atom. The first-order valence-electron chi connectivity index (χ1n) is 9.45. The molecular formula is C21H17N3O5S. The van der Waals surface area contributed by atoms with Crippen molar-refractivity contribution in [1.82, 2.24) is 4.90 Å². The first kappa shape index (κ1) is 19.8. The number of hydrogen-bond donors (Lipinski definition) is 1. The fraction of sp³-hybridized carbons (Fsp3) is 0.286. The van der Waals surface area contributed by atoms with Crippen LogP contribution < -0.4 is 5.32 Å². The number of rotatable bonds is 6. The fourth-order valence-corrected chi connectivity index (χ4v) is 4.89. The van der Waals surface area contributed by atoms with Gasteiger partial charge >= 0.3 is 5.97 Å². The molecule has 2 aromatic rings. The monoisotopic (exact) mass is 423 g/mol. The van der Waals surface area contributed by atoms with Crippen molar-refractivity contribution < 1.29 is 23.9 Å². The zero-order chi connectivity index (χ0) is 21.3. The SMILES string of the molecule is N#Cc1c(NC(=O)COC(=O)CCN2C(=O)c3ccccc3C2=O)sc2c1CCC2. The minimum atomic E-state index is -0.698. The molecule has 0 fully saturated rings. The van der Waals surface area contributed by atoms with Gasteiger partial charge in [0.25, 0.3) is 17.7 Å². The van der Waals surface area contributed by atoms with Crippen molar-refractivity contribution in [2.24, 2.45) is 0 Å². The van der Waals surface area contributed by atoms with Gasteiger partial charge in [0.1, 0.15) is 11.1 Å². The molecule has 2 heterocycles. The summed E-state index contributed by atoms with van der Waals surface area (Å²) in [4.78, 5) is 50.7. The molecule has 4 rings (SSSR count). The molecule has 3 amide bonds. The number of aryl methyl sites for hydroxylation is 1. The van der Waals surface area contributed by atoms with E-state index in [4.69, 9.17) is 4.74 Å². The van der Waals surface area contributed by atoms with Gasteiger partial charge in [0.15, 0.2) is 6.61 Å². The summed E-state index contributed by atoms with van der Waals surface area (Å²) in [6, 6.07) is 8.59. The minimum absolute atomic E-state index is 0.122. The maximum Gasteiger partial charge on any atom is 0.308 e. The molecule has 0 bridgehead atoms. The van der Waals surface area contributed by atoms with Gasteiger partial charge in [-0.05, 0) is 37.0 Å². The number of anilines is 1. The molecule has 0 radical (unpaired) electrons. The predicted molar refractivity (Wildman–Crippen MR) is 107 cm³/mol. The topological polar surface area (TPSA) is 117 Å². The van der Waals surface area contributed by atoms with Gasteiger partial charge in [-0.15, -0.1) is 11.3 Å². The fourth-order valence-electron chi connectivity index (χ4n) is 3.64. The Bertz CT molecular complexity index is 1080. The first-order valence-corrected chi connectivity index (χ1v) is 10.3. The summed E-state index contributed by atoms with van der Waals surface area (Å²) in [5, 5.41) is 12.5. The molecule has 9 heteroatoms. The summed E-state index contributed by atoms with van der Waals surface area (Å²) in [6.45, 7) is -0.628. The molecule has 0 spiro atoms. The summed E-state index contributed by atoms with van der Waals surface area (Å²) in [5.41, 5.74) is 2.10. The quantitative estimate of drug-likeness (QED) is 0.563. The third-order valence-electron chi connectivity index (χ3n) is 5.07. The van der Waals surface area contributed by atoms with Crippen molar-refractivity contribution in [3.05, 3.63) is 51.4 Å². The number of hydrogen-bond acceptors (Lipinski definition) is 7. The zero-order valence-electron chi connectivity index (χ0n) is 15.9. The van der Waals surface area contributed by atoms with E-state index in [1.54, 1.807) is 24.3 Å². The smallest absolute Gasteiger partial charge is 0.308 e. The van der Waals surface area contributed by atoms with E-state index in [-0.39, 0.29) is 13.0 Å². The highest BCUT2D eigenvalue weighted by Crippen LogP contribution is 2.38. The summed E-state index contributed by atoms with van der Waals surface area (Å²) in [6.07, 6.45) is 2.53. The molecule has 1 aliphatic carbocycles. The van der Waals surface area contributed by atoms with Crippen LogP contribution in [0.4, 0.5) is 5.00 Å². The Labute approximate surface area is 176 Å². The minimum Gasteiger partial charge on any atom is -0.456 e. The van der Waals surface area contributed by atoms with Crippen molar-refractivity contribution in [2.75, 3.05) is 18.5 Å². The van der Waals surface area contributed by atoms with E-state index in [2.05, 4.69) is 11.4 Å². The Hall–Kier alpha value is -3.51. The number of ether oxygens (including phenoxy) is 1. The lowest BCUT2D eigenvalue weighted by Gasteiger charge is -2.13. The third-order valence-corrected chi connectivity index (χ3v) is 6.28. The molecule has 0 atom stereocenters. The molecule has 0 unspecified atom stereocenters. The number of thiophene rings is 1. The Morgan fingerprint density at radius 3 is 2.53 bits per heavy atom. The highest BCUT2D eigenvalue weighted by atomic mass is 32.1. The van der Waals surface area contributed by atoms with E-state index in [9.17, 15) is 24.4 Å². The number of benzene rings is 1. The number of nitrogens with one attached hydrogen (secondary N) is 1. The molecule has 30 heavy (non-hydrogen) atoms. The van der Waals surface area contributed by atoms with E-state index in [0.717, 1.165) is 34.6 Å². The predicted octanol–water partition coefficient (Wildman–Crippen LogP) is 2.28. The second-order valence-corrected chi connectivity index (χ2v) is 8.04. The molecule has 1 aromatic carbocycles. The van der Waals surface area contributed by atoms with Crippen LogP contribution in [-0.4, -0.2) is 41.7 Å². The number of nitriles is 1. The second kappa shape index (κ2) is 8.08. The average Bonchev–Trinajstić information content (AvgIpc) is 3.38. The molecule has 2 aliphatic rings.